The van der Waals surface area contributed by atoms with Gasteiger partial charge in [0.25, 0.3) is 0 Å². The van der Waals surface area contributed by atoms with Crippen LogP contribution in [0, 0.1) is 13.8 Å². The highest BCUT2D eigenvalue weighted by atomic mass is 32.2. The summed E-state index contributed by atoms with van der Waals surface area (Å²) in [5.41, 5.74) is 8.59. The molecule has 2 aromatic heterocycles. The number of hydrogen-bond acceptors (Lipinski definition) is 3. The van der Waals surface area contributed by atoms with Crippen molar-refractivity contribution < 1.29 is 0 Å². The first kappa shape index (κ1) is 18.9. The molecule has 0 unspecified atom stereocenters. The van der Waals surface area contributed by atoms with Crippen LogP contribution in [0.3, 0.4) is 0 Å². The molecule has 0 radical (unpaired) electrons. The minimum absolute atomic E-state index is 1.11. The average molecular weight is 431 g/mol. The Labute approximate surface area is 185 Å². The van der Waals surface area contributed by atoms with Gasteiger partial charge in [0.15, 0.2) is 0 Å². The van der Waals surface area contributed by atoms with Gasteiger partial charge >= 0.3 is 0 Å². The van der Waals surface area contributed by atoms with E-state index in [1.165, 1.54) is 52.9 Å². The Morgan fingerprint density at radius 3 is 1.41 bits per heavy atom. The van der Waals surface area contributed by atoms with Crippen molar-refractivity contribution in [3.8, 4) is 20.9 Å². The fourth-order valence-corrected chi connectivity index (χ4v) is 7.24. The number of thioether (sulfide) groups is 1. The lowest BCUT2D eigenvalue weighted by molar-refractivity contribution is 1.51. The largest absolute Gasteiger partial charge is 0.152 e. The molecule has 0 saturated heterocycles. The van der Waals surface area contributed by atoms with Crippen molar-refractivity contribution >= 4 is 45.6 Å². The fourth-order valence-electron chi connectivity index (χ4n) is 3.96. The molecular formula is C26H22S3. The summed E-state index contributed by atoms with van der Waals surface area (Å²) >= 11 is 5.88. The molecule has 0 fully saturated rings. The second-order valence-electron chi connectivity index (χ2n) is 7.34. The Hall–Kier alpha value is -2.07. The molecule has 0 saturated carbocycles. The average Bonchev–Trinajstić information content (AvgIpc) is 3.47. The summed E-state index contributed by atoms with van der Waals surface area (Å²) in [5, 5.41) is 0. The van der Waals surface area contributed by atoms with Crippen molar-refractivity contribution in [2.45, 2.75) is 13.8 Å². The van der Waals surface area contributed by atoms with Gasteiger partial charge in [-0.15, -0.1) is 22.7 Å². The van der Waals surface area contributed by atoms with Crippen LogP contribution in [-0.4, -0.2) is 11.5 Å². The number of benzene rings is 2. The van der Waals surface area contributed by atoms with Crippen LogP contribution in [0.4, 0.5) is 0 Å². The van der Waals surface area contributed by atoms with Crippen molar-refractivity contribution in [3.63, 3.8) is 0 Å². The van der Waals surface area contributed by atoms with E-state index in [1.807, 2.05) is 34.4 Å². The maximum Gasteiger partial charge on any atom is 0.0351 e. The van der Waals surface area contributed by atoms with Crippen LogP contribution in [0.2, 0.25) is 0 Å². The molecule has 5 rings (SSSR count). The van der Waals surface area contributed by atoms with Gasteiger partial charge in [0.2, 0.25) is 0 Å². The Kier molecular flexibility index (Phi) is 5.21. The molecule has 0 nitrogen and oxygen atoms in total. The van der Waals surface area contributed by atoms with Crippen molar-refractivity contribution in [1.29, 1.82) is 0 Å². The smallest absolute Gasteiger partial charge is 0.0351 e. The summed E-state index contributed by atoms with van der Waals surface area (Å²) in [7, 11) is 0. The summed E-state index contributed by atoms with van der Waals surface area (Å²) in [6, 6.07) is 26.3. The third kappa shape index (κ3) is 3.63. The van der Waals surface area contributed by atoms with Crippen molar-refractivity contribution in [1.82, 2.24) is 0 Å². The first-order chi connectivity index (χ1) is 14.2. The van der Waals surface area contributed by atoms with Crippen LogP contribution in [0.5, 0.6) is 0 Å². The Balaban J connectivity index is 1.58. The summed E-state index contributed by atoms with van der Waals surface area (Å²) in [6.07, 6.45) is 0. The van der Waals surface area contributed by atoms with E-state index in [4.69, 9.17) is 0 Å². The summed E-state index contributed by atoms with van der Waals surface area (Å²) in [4.78, 5) is 5.59. The van der Waals surface area contributed by atoms with Gasteiger partial charge in [-0.25, -0.2) is 0 Å². The van der Waals surface area contributed by atoms with E-state index in [1.54, 1.807) is 0 Å². The highest BCUT2D eigenvalue weighted by Crippen LogP contribution is 2.45. The summed E-state index contributed by atoms with van der Waals surface area (Å²) in [6.45, 7) is 4.55. The molecule has 1 aliphatic heterocycles. The predicted molar refractivity (Wildman–Crippen MR) is 133 cm³/mol. The van der Waals surface area contributed by atoms with E-state index in [2.05, 4.69) is 86.6 Å². The number of thiophene rings is 2. The first-order valence-corrected chi connectivity index (χ1v) is 12.6. The molecule has 0 bridgehead atoms. The third-order valence-electron chi connectivity index (χ3n) is 5.46. The maximum absolute atomic E-state index is 2.41. The van der Waals surface area contributed by atoms with Crippen LogP contribution in [0.25, 0.3) is 32.0 Å². The van der Waals surface area contributed by atoms with Crippen LogP contribution in [-0.2, 0) is 0 Å². The zero-order valence-electron chi connectivity index (χ0n) is 16.6. The van der Waals surface area contributed by atoms with Gasteiger partial charge in [0.05, 0.1) is 0 Å². The molecule has 1 aliphatic rings. The van der Waals surface area contributed by atoms with Gasteiger partial charge in [0.1, 0.15) is 0 Å². The van der Waals surface area contributed by atoms with Gasteiger partial charge in [-0.2, -0.15) is 11.8 Å². The Morgan fingerprint density at radius 2 is 1.00 bits per heavy atom. The quantitative estimate of drug-likeness (QED) is 0.313. The predicted octanol–water partition coefficient (Wildman–Crippen LogP) is 8.42. The normalized spacial score (nSPS) is 14.0. The number of rotatable bonds is 4. The van der Waals surface area contributed by atoms with E-state index in [9.17, 15) is 0 Å². The topological polar surface area (TPSA) is 0 Å². The van der Waals surface area contributed by atoms with E-state index >= 15 is 0 Å². The fraction of sp³-hybridized carbons (Fsp3) is 0.154. The van der Waals surface area contributed by atoms with Crippen molar-refractivity contribution in [3.05, 3.63) is 93.7 Å². The van der Waals surface area contributed by atoms with Crippen LogP contribution < -0.4 is 0 Å². The van der Waals surface area contributed by atoms with E-state index in [-0.39, 0.29) is 0 Å². The second-order valence-corrected chi connectivity index (χ2v) is 10.8. The summed E-state index contributed by atoms with van der Waals surface area (Å²) in [5.74, 6) is 2.22. The molecule has 3 heteroatoms. The lowest BCUT2D eigenvalue weighted by Crippen LogP contribution is -1.90. The molecule has 3 heterocycles. The Morgan fingerprint density at radius 1 is 0.586 bits per heavy atom. The molecule has 144 valence electrons. The Bertz CT molecular complexity index is 1080. The minimum Gasteiger partial charge on any atom is -0.152 e. The molecule has 0 amide bonds. The van der Waals surface area contributed by atoms with Crippen molar-refractivity contribution in [2.24, 2.45) is 0 Å². The number of aryl methyl sites for hydroxylation is 2. The highest BCUT2D eigenvalue weighted by Gasteiger charge is 2.23. The molecule has 4 aromatic rings. The monoisotopic (exact) mass is 430 g/mol. The summed E-state index contributed by atoms with van der Waals surface area (Å²) < 4.78 is 0. The highest BCUT2D eigenvalue weighted by molar-refractivity contribution is 8.00. The second kappa shape index (κ2) is 7.98. The maximum atomic E-state index is 2.41. The zero-order chi connectivity index (χ0) is 19.8. The zero-order valence-corrected chi connectivity index (χ0v) is 19.0. The van der Waals surface area contributed by atoms with Crippen LogP contribution in [0.1, 0.15) is 20.9 Å². The van der Waals surface area contributed by atoms with Gasteiger partial charge in [-0.05, 0) is 59.4 Å². The molecule has 0 spiro atoms. The van der Waals surface area contributed by atoms with Gasteiger partial charge in [-0.3, -0.25) is 0 Å². The minimum atomic E-state index is 1.11. The third-order valence-corrected chi connectivity index (χ3v) is 8.64. The first-order valence-electron chi connectivity index (χ1n) is 9.83. The SMILES string of the molecule is Cc1sc(-c2ccccc2)cc1C1=C(c2cc(-c3ccccc3)sc2C)CSC1. The lowest BCUT2D eigenvalue weighted by atomic mass is 9.96. The van der Waals surface area contributed by atoms with Crippen LogP contribution in [0.15, 0.2) is 72.8 Å². The standard InChI is InChI=1S/C26H22S3/c1-17-21(13-25(28-17)19-9-5-3-6-10-19)23-15-27-16-24(23)22-14-26(29-18(22)2)20-11-7-4-8-12-20/h3-14H,15-16H2,1-2H3. The molecule has 0 atom stereocenters. The van der Waals surface area contributed by atoms with E-state index in [0.717, 1.165) is 11.5 Å². The van der Waals surface area contributed by atoms with Gasteiger partial charge in [0, 0.05) is 31.0 Å². The van der Waals surface area contributed by atoms with E-state index < -0.39 is 0 Å². The van der Waals surface area contributed by atoms with Crippen molar-refractivity contribution in [2.75, 3.05) is 11.5 Å². The van der Waals surface area contributed by atoms with Crippen LogP contribution >= 0.6 is 34.4 Å². The molecule has 0 aliphatic carbocycles. The lowest BCUT2D eigenvalue weighted by Gasteiger charge is -2.06. The molecular weight excluding hydrogens is 408 g/mol. The molecule has 0 N–H and O–H groups in total. The molecule has 2 aromatic carbocycles. The van der Waals surface area contributed by atoms with Gasteiger partial charge in [-0.1, -0.05) is 60.7 Å². The molecule has 29 heavy (non-hydrogen) atoms. The van der Waals surface area contributed by atoms with Gasteiger partial charge < -0.3 is 0 Å². The van der Waals surface area contributed by atoms with E-state index in [0.29, 0.717) is 0 Å². The number of hydrogen-bond donors (Lipinski definition) is 0.